The molecule has 0 radical (unpaired) electrons. The Kier molecular flexibility index (Phi) is 5.63. The Bertz CT molecular complexity index is 397. The van der Waals surface area contributed by atoms with E-state index in [1.54, 1.807) is 7.11 Å². The SMILES string of the molecule is COc1cc([C@@H](C)N)ccc1OCCOC(C)(C)C. The second-order valence-corrected chi connectivity index (χ2v) is 5.51. The number of rotatable bonds is 6. The van der Waals surface area contributed by atoms with E-state index in [1.165, 1.54) is 0 Å². The van der Waals surface area contributed by atoms with Gasteiger partial charge in [0, 0.05) is 6.04 Å². The van der Waals surface area contributed by atoms with Crippen molar-refractivity contribution in [3.05, 3.63) is 23.8 Å². The molecule has 1 aromatic rings. The Morgan fingerprint density at radius 3 is 2.37 bits per heavy atom. The highest BCUT2D eigenvalue weighted by Crippen LogP contribution is 2.29. The summed E-state index contributed by atoms with van der Waals surface area (Å²) in [6.45, 7) is 9.03. The molecule has 4 nitrogen and oxygen atoms in total. The van der Waals surface area contributed by atoms with E-state index in [2.05, 4.69) is 0 Å². The van der Waals surface area contributed by atoms with Crippen LogP contribution in [-0.4, -0.2) is 25.9 Å². The third-order valence-electron chi connectivity index (χ3n) is 2.59. The summed E-state index contributed by atoms with van der Waals surface area (Å²) in [5.41, 5.74) is 6.72. The van der Waals surface area contributed by atoms with Crippen LogP contribution >= 0.6 is 0 Å². The Morgan fingerprint density at radius 1 is 1.16 bits per heavy atom. The molecule has 0 bridgehead atoms. The molecule has 19 heavy (non-hydrogen) atoms. The quantitative estimate of drug-likeness (QED) is 0.805. The molecule has 0 unspecified atom stereocenters. The van der Waals surface area contributed by atoms with E-state index in [4.69, 9.17) is 19.9 Å². The molecular weight excluding hydrogens is 242 g/mol. The van der Waals surface area contributed by atoms with E-state index in [0.29, 0.717) is 24.7 Å². The predicted octanol–water partition coefficient (Wildman–Crippen LogP) is 2.91. The maximum Gasteiger partial charge on any atom is 0.161 e. The summed E-state index contributed by atoms with van der Waals surface area (Å²) in [6, 6.07) is 5.72. The number of nitrogens with two attached hydrogens (primary N) is 1. The van der Waals surface area contributed by atoms with E-state index in [-0.39, 0.29) is 11.6 Å². The minimum Gasteiger partial charge on any atom is -0.493 e. The molecule has 0 fully saturated rings. The first-order chi connectivity index (χ1) is 8.83. The summed E-state index contributed by atoms with van der Waals surface area (Å²) in [5.74, 6) is 1.41. The number of ether oxygens (including phenoxy) is 3. The third-order valence-corrected chi connectivity index (χ3v) is 2.59. The lowest BCUT2D eigenvalue weighted by Crippen LogP contribution is -2.22. The molecule has 0 heterocycles. The number of benzene rings is 1. The largest absolute Gasteiger partial charge is 0.493 e. The molecule has 1 aromatic carbocycles. The molecule has 0 aromatic heterocycles. The van der Waals surface area contributed by atoms with Crippen molar-refractivity contribution >= 4 is 0 Å². The van der Waals surface area contributed by atoms with Crippen LogP contribution in [-0.2, 0) is 4.74 Å². The van der Waals surface area contributed by atoms with E-state index in [9.17, 15) is 0 Å². The van der Waals surface area contributed by atoms with Crippen molar-refractivity contribution in [3.8, 4) is 11.5 Å². The minimum absolute atomic E-state index is 0.0211. The van der Waals surface area contributed by atoms with E-state index in [1.807, 2.05) is 45.9 Å². The maximum atomic E-state index is 5.84. The van der Waals surface area contributed by atoms with Crippen LogP contribution in [0.5, 0.6) is 11.5 Å². The van der Waals surface area contributed by atoms with Gasteiger partial charge in [0.2, 0.25) is 0 Å². The first-order valence-electron chi connectivity index (χ1n) is 6.54. The summed E-state index contributed by atoms with van der Waals surface area (Å²) in [6.07, 6.45) is 0. The zero-order chi connectivity index (χ0) is 14.5. The van der Waals surface area contributed by atoms with Crippen molar-refractivity contribution in [2.45, 2.75) is 39.3 Å². The zero-order valence-electron chi connectivity index (χ0n) is 12.5. The van der Waals surface area contributed by atoms with Gasteiger partial charge in [0.25, 0.3) is 0 Å². The fourth-order valence-electron chi connectivity index (χ4n) is 1.59. The molecule has 1 rings (SSSR count). The third kappa shape index (κ3) is 5.49. The van der Waals surface area contributed by atoms with Crippen molar-refractivity contribution < 1.29 is 14.2 Å². The molecule has 1 atom stereocenters. The topological polar surface area (TPSA) is 53.7 Å². The van der Waals surface area contributed by atoms with Gasteiger partial charge in [-0.2, -0.15) is 0 Å². The molecule has 0 spiro atoms. The van der Waals surface area contributed by atoms with Crippen molar-refractivity contribution in [1.29, 1.82) is 0 Å². The molecule has 0 amide bonds. The van der Waals surface area contributed by atoms with Gasteiger partial charge in [0.15, 0.2) is 11.5 Å². The Hall–Kier alpha value is -1.26. The molecule has 0 aliphatic rings. The van der Waals surface area contributed by atoms with Crippen LogP contribution in [0.2, 0.25) is 0 Å². The summed E-state index contributed by atoms with van der Waals surface area (Å²) >= 11 is 0. The van der Waals surface area contributed by atoms with Gasteiger partial charge in [-0.15, -0.1) is 0 Å². The molecular formula is C15H25NO3. The number of hydrogen-bond donors (Lipinski definition) is 1. The van der Waals surface area contributed by atoms with Crippen LogP contribution in [0.3, 0.4) is 0 Å². The molecule has 108 valence electrons. The van der Waals surface area contributed by atoms with Gasteiger partial charge < -0.3 is 19.9 Å². The lowest BCUT2D eigenvalue weighted by Gasteiger charge is -2.20. The molecule has 0 saturated heterocycles. The van der Waals surface area contributed by atoms with Crippen molar-refractivity contribution in [2.75, 3.05) is 20.3 Å². The van der Waals surface area contributed by atoms with Crippen LogP contribution in [0.1, 0.15) is 39.3 Å². The first-order valence-corrected chi connectivity index (χ1v) is 6.54. The molecule has 4 heteroatoms. The normalized spacial score (nSPS) is 13.2. The van der Waals surface area contributed by atoms with E-state index in [0.717, 1.165) is 5.56 Å². The van der Waals surface area contributed by atoms with Crippen LogP contribution in [0.4, 0.5) is 0 Å². The highest BCUT2D eigenvalue weighted by atomic mass is 16.5. The fourth-order valence-corrected chi connectivity index (χ4v) is 1.59. The van der Waals surface area contributed by atoms with Gasteiger partial charge >= 0.3 is 0 Å². The summed E-state index contributed by atoms with van der Waals surface area (Å²) in [7, 11) is 1.62. The standard InChI is InChI=1S/C15H25NO3/c1-11(16)12-6-7-13(14(10-12)17-5)18-8-9-19-15(2,3)4/h6-7,10-11H,8-9,16H2,1-5H3/t11-/m1/s1. The van der Waals surface area contributed by atoms with Crippen LogP contribution in [0.15, 0.2) is 18.2 Å². The Morgan fingerprint density at radius 2 is 1.84 bits per heavy atom. The highest BCUT2D eigenvalue weighted by Gasteiger charge is 2.11. The van der Waals surface area contributed by atoms with Gasteiger partial charge in [-0.3, -0.25) is 0 Å². The lowest BCUT2D eigenvalue weighted by molar-refractivity contribution is -0.0165. The Labute approximate surface area is 115 Å². The van der Waals surface area contributed by atoms with Crippen molar-refractivity contribution in [2.24, 2.45) is 5.73 Å². The molecule has 0 aliphatic heterocycles. The Balaban J connectivity index is 2.58. The zero-order valence-corrected chi connectivity index (χ0v) is 12.5. The minimum atomic E-state index is -0.147. The number of hydrogen-bond acceptors (Lipinski definition) is 4. The van der Waals surface area contributed by atoms with Crippen LogP contribution in [0, 0.1) is 0 Å². The molecule has 0 aliphatic carbocycles. The van der Waals surface area contributed by atoms with Crippen LogP contribution in [0.25, 0.3) is 0 Å². The van der Waals surface area contributed by atoms with Gasteiger partial charge in [0.1, 0.15) is 6.61 Å². The fraction of sp³-hybridized carbons (Fsp3) is 0.600. The smallest absolute Gasteiger partial charge is 0.161 e. The van der Waals surface area contributed by atoms with Crippen LogP contribution < -0.4 is 15.2 Å². The first kappa shape index (κ1) is 15.8. The lowest BCUT2D eigenvalue weighted by atomic mass is 10.1. The monoisotopic (exact) mass is 267 g/mol. The van der Waals surface area contributed by atoms with Gasteiger partial charge in [-0.1, -0.05) is 6.07 Å². The van der Waals surface area contributed by atoms with Crippen molar-refractivity contribution in [1.82, 2.24) is 0 Å². The van der Waals surface area contributed by atoms with E-state index >= 15 is 0 Å². The predicted molar refractivity (Wildman–Crippen MR) is 76.8 cm³/mol. The average molecular weight is 267 g/mol. The van der Waals surface area contributed by atoms with Crippen molar-refractivity contribution in [3.63, 3.8) is 0 Å². The second kappa shape index (κ2) is 6.78. The molecule has 0 saturated carbocycles. The summed E-state index contributed by atoms with van der Waals surface area (Å²) < 4.78 is 16.6. The maximum absolute atomic E-state index is 5.84. The van der Waals surface area contributed by atoms with Gasteiger partial charge in [0.05, 0.1) is 19.3 Å². The number of methoxy groups -OCH3 is 1. The van der Waals surface area contributed by atoms with Gasteiger partial charge in [-0.05, 0) is 45.4 Å². The summed E-state index contributed by atoms with van der Waals surface area (Å²) in [5, 5.41) is 0. The van der Waals surface area contributed by atoms with Gasteiger partial charge in [-0.25, -0.2) is 0 Å². The average Bonchev–Trinajstić information content (AvgIpc) is 2.33. The second-order valence-electron chi connectivity index (χ2n) is 5.51. The van der Waals surface area contributed by atoms with E-state index < -0.39 is 0 Å². The summed E-state index contributed by atoms with van der Waals surface area (Å²) in [4.78, 5) is 0. The highest BCUT2D eigenvalue weighted by molar-refractivity contribution is 5.43. The molecule has 2 N–H and O–H groups in total.